The first-order chi connectivity index (χ1) is 19.6. The highest BCUT2D eigenvalue weighted by molar-refractivity contribution is 8.14. The highest BCUT2D eigenvalue weighted by atomic mass is 32.2. The van der Waals surface area contributed by atoms with E-state index in [1.54, 1.807) is 24.3 Å². The Balaban J connectivity index is 1.65. The molecule has 0 bridgehead atoms. The number of nitrogens with one attached hydrogen (secondary N) is 2. The minimum absolute atomic E-state index is 0.0345. The van der Waals surface area contributed by atoms with Crippen molar-refractivity contribution < 1.29 is 28.8 Å². The van der Waals surface area contributed by atoms with E-state index in [2.05, 4.69) is 23.3 Å². The Labute approximate surface area is 249 Å². The summed E-state index contributed by atoms with van der Waals surface area (Å²) in [6, 6.07) is 14.0. The van der Waals surface area contributed by atoms with Crippen LogP contribution >= 0.6 is 24.4 Å². The molecule has 3 rings (SSSR count). The molecule has 0 saturated heterocycles. The van der Waals surface area contributed by atoms with Gasteiger partial charge in [0.15, 0.2) is 5.12 Å². The third-order valence-electron chi connectivity index (χ3n) is 6.76. The maximum Gasteiger partial charge on any atom is 0.261 e. The smallest absolute Gasteiger partial charge is 0.261 e. The molecule has 2 aromatic carbocycles. The van der Waals surface area contributed by atoms with Crippen molar-refractivity contribution in [2.24, 2.45) is 0 Å². The summed E-state index contributed by atoms with van der Waals surface area (Å²) < 4.78 is 0. The lowest BCUT2D eigenvalue weighted by Gasteiger charge is -2.30. The number of hydrogen-bond donors (Lipinski definition) is 3. The zero-order valence-electron chi connectivity index (χ0n) is 23.2. The predicted octanol–water partition coefficient (Wildman–Crippen LogP) is 1.94. The number of rotatable bonds is 13. The van der Waals surface area contributed by atoms with Gasteiger partial charge in [-0.2, -0.15) is 12.6 Å². The van der Waals surface area contributed by atoms with Gasteiger partial charge in [-0.15, -0.1) is 0 Å². The third-order valence-corrected chi connectivity index (χ3v) is 8.19. The molecule has 5 amide bonds. The van der Waals surface area contributed by atoms with Crippen molar-refractivity contribution in [2.45, 2.75) is 43.5 Å². The van der Waals surface area contributed by atoms with Gasteiger partial charge in [-0.05, 0) is 30.5 Å². The highest BCUT2D eigenvalue weighted by Gasteiger charge is 2.36. The van der Waals surface area contributed by atoms with Gasteiger partial charge >= 0.3 is 0 Å². The molecule has 3 atom stereocenters. The van der Waals surface area contributed by atoms with Crippen LogP contribution in [-0.2, 0) is 25.6 Å². The molecule has 10 nitrogen and oxygen atoms in total. The van der Waals surface area contributed by atoms with Gasteiger partial charge in [0.05, 0.1) is 16.4 Å². The number of carbonyl (C=O) groups excluding carboxylic acids is 6. The van der Waals surface area contributed by atoms with E-state index in [0.29, 0.717) is 11.1 Å². The zero-order chi connectivity index (χ0) is 30.1. The summed E-state index contributed by atoms with van der Waals surface area (Å²) in [6.07, 6.45) is 0.733. The molecule has 0 aromatic heterocycles. The molecule has 2 aromatic rings. The standard InChI is InChI=1S/C29H34N4O6S2/c1-18(34)41-24(14-9-15-33-27(37)20-12-7-8-13-21(20)28(33)38)26(36)31-22(17-40)29(39)32(3)23(25(35)30-2)16-19-10-5-4-6-11-19/h4-8,10-13,22-24,40H,9,14-17H2,1-3H3,(H,30,35)(H,31,36)/t22-,23-,24-/m0/s1. The number of nitrogens with zero attached hydrogens (tertiary/aromatic N) is 2. The summed E-state index contributed by atoms with van der Waals surface area (Å²) in [7, 11) is 2.99. The van der Waals surface area contributed by atoms with E-state index in [9.17, 15) is 28.8 Å². The Morgan fingerprint density at radius 3 is 2.07 bits per heavy atom. The van der Waals surface area contributed by atoms with Gasteiger partial charge in [0.1, 0.15) is 12.1 Å². The van der Waals surface area contributed by atoms with Crippen LogP contribution in [-0.4, -0.2) is 88.2 Å². The molecule has 1 heterocycles. The van der Waals surface area contributed by atoms with Crippen LogP contribution in [0.1, 0.15) is 46.0 Å². The summed E-state index contributed by atoms with van der Waals surface area (Å²) in [6.45, 7) is 1.42. The second-order valence-corrected chi connectivity index (χ2v) is 11.3. The monoisotopic (exact) mass is 598 g/mol. The van der Waals surface area contributed by atoms with E-state index in [1.807, 2.05) is 30.3 Å². The lowest BCUT2D eigenvalue weighted by Crippen LogP contribution is -2.56. The van der Waals surface area contributed by atoms with Gasteiger partial charge in [0.2, 0.25) is 17.7 Å². The van der Waals surface area contributed by atoms with Gasteiger partial charge in [0, 0.05) is 39.7 Å². The molecular formula is C29H34N4O6S2. The van der Waals surface area contributed by atoms with Crippen molar-refractivity contribution in [1.29, 1.82) is 0 Å². The number of imide groups is 1. The topological polar surface area (TPSA) is 133 Å². The van der Waals surface area contributed by atoms with Gasteiger partial charge in [-0.3, -0.25) is 33.7 Å². The maximum absolute atomic E-state index is 13.4. The first-order valence-corrected chi connectivity index (χ1v) is 14.7. The number of likely N-dealkylation sites (N-methyl/N-ethyl adjacent to an activating group) is 2. The van der Waals surface area contributed by atoms with Crippen LogP contribution in [0.25, 0.3) is 0 Å². The van der Waals surface area contributed by atoms with Crippen LogP contribution in [0.3, 0.4) is 0 Å². The molecular weight excluding hydrogens is 564 g/mol. The van der Waals surface area contributed by atoms with E-state index in [-0.39, 0.29) is 42.6 Å². The summed E-state index contributed by atoms with van der Waals surface area (Å²) in [4.78, 5) is 79.0. The Morgan fingerprint density at radius 1 is 0.951 bits per heavy atom. The van der Waals surface area contributed by atoms with Crippen molar-refractivity contribution in [3.8, 4) is 0 Å². The van der Waals surface area contributed by atoms with Crippen LogP contribution in [0, 0.1) is 0 Å². The third kappa shape index (κ3) is 7.98. The van der Waals surface area contributed by atoms with Crippen molar-refractivity contribution in [3.63, 3.8) is 0 Å². The molecule has 1 aliphatic heterocycles. The minimum atomic E-state index is -1.05. The van der Waals surface area contributed by atoms with E-state index in [1.165, 1.54) is 25.9 Å². The van der Waals surface area contributed by atoms with Crippen LogP contribution in [0.5, 0.6) is 0 Å². The predicted molar refractivity (Wildman–Crippen MR) is 160 cm³/mol. The first kappa shape index (κ1) is 31.9. The Hall–Kier alpha value is -3.64. The molecule has 1 aliphatic rings. The number of thioether (sulfide) groups is 1. The Kier molecular flexibility index (Phi) is 11.5. The van der Waals surface area contributed by atoms with Gasteiger partial charge in [-0.1, -0.05) is 54.2 Å². The lowest BCUT2D eigenvalue weighted by molar-refractivity contribution is -0.141. The molecule has 0 unspecified atom stereocenters. The summed E-state index contributed by atoms with van der Waals surface area (Å²) in [5.74, 6) is -2.23. The average molecular weight is 599 g/mol. The summed E-state index contributed by atoms with van der Waals surface area (Å²) in [5.41, 5.74) is 1.54. The van der Waals surface area contributed by atoms with Crippen molar-refractivity contribution in [1.82, 2.24) is 20.4 Å². The number of amides is 5. The molecule has 2 N–H and O–H groups in total. The van der Waals surface area contributed by atoms with Crippen molar-refractivity contribution in [2.75, 3.05) is 26.4 Å². The molecule has 0 spiro atoms. The lowest BCUT2D eigenvalue weighted by atomic mass is 10.0. The van der Waals surface area contributed by atoms with Crippen molar-refractivity contribution in [3.05, 3.63) is 71.3 Å². The SMILES string of the molecule is CNC(=O)[C@H](Cc1ccccc1)N(C)C(=O)[C@H](CS)NC(=O)[C@H](CCCN1C(=O)c2ccccc2C1=O)SC(C)=O. The molecule has 41 heavy (non-hydrogen) atoms. The summed E-state index contributed by atoms with van der Waals surface area (Å²) >= 11 is 5.08. The number of benzene rings is 2. The fraction of sp³-hybridized carbons (Fsp3) is 0.379. The largest absolute Gasteiger partial charge is 0.357 e. The molecule has 218 valence electrons. The molecule has 0 aliphatic carbocycles. The molecule has 12 heteroatoms. The van der Waals surface area contributed by atoms with Gasteiger partial charge < -0.3 is 15.5 Å². The number of carbonyl (C=O) groups is 6. The molecule has 0 fully saturated rings. The summed E-state index contributed by atoms with van der Waals surface area (Å²) in [5, 5.41) is 4.11. The van der Waals surface area contributed by atoms with E-state index < -0.39 is 41.0 Å². The highest BCUT2D eigenvalue weighted by Crippen LogP contribution is 2.24. The zero-order valence-corrected chi connectivity index (χ0v) is 24.9. The van der Waals surface area contributed by atoms with Crippen LogP contribution in [0.4, 0.5) is 0 Å². The van der Waals surface area contributed by atoms with Crippen LogP contribution < -0.4 is 10.6 Å². The quantitative estimate of drug-likeness (QED) is 0.237. The second kappa shape index (κ2) is 14.8. The maximum atomic E-state index is 13.4. The number of thiol groups is 1. The number of hydrogen-bond acceptors (Lipinski definition) is 8. The van der Waals surface area contributed by atoms with E-state index in [4.69, 9.17) is 0 Å². The molecule has 0 saturated carbocycles. The van der Waals surface area contributed by atoms with E-state index in [0.717, 1.165) is 22.2 Å². The molecule has 0 radical (unpaired) electrons. The second-order valence-electron chi connectivity index (χ2n) is 9.56. The van der Waals surface area contributed by atoms with Crippen LogP contribution in [0.2, 0.25) is 0 Å². The van der Waals surface area contributed by atoms with Crippen LogP contribution in [0.15, 0.2) is 54.6 Å². The van der Waals surface area contributed by atoms with E-state index >= 15 is 0 Å². The Morgan fingerprint density at radius 2 is 1.54 bits per heavy atom. The van der Waals surface area contributed by atoms with Gasteiger partial charge in [-0.25, -0.2) is 0 Å². The minimum Gasteiger partial charge on any atom is -0.357 e. The van der Waals surface area contributed by atoms with Crippen molar-refractivity contribution >= 4 is 59.0 Å². The fourth-order valence-corrected chi connectivity index (χ4v) is 5.69. The fourth-order valence-electron chi connectivity index (χ4n) is 4.58. The normalized spacial score (nSPS) is 14.6. The average Bonchev–Trinajstić information content (AvgIpc) is 3.22. The first-order valence-electron chi connectivity index (χ1n) is 13.1. The van der Waals surface area contributed by atoms with Gasteiger partial charge in [0.25, 0.3) is 11.8 Å². The Bertz CT molecular complexity index is 1270. The number of fused-ring (bicyclic) bond motifs is 1.